The van der Waals surface area contributed by atoms with Crippen LogP contribution >= 0.6 is 0 Å². The van der Waals surface area contributed by atoms with Crippen LogP contribution in [0.5, 0.6) is 0 Å². The molecule has 0 aliphatic carbocycles. The maximum Gasteiger partial charge on any atom is 0.0651 e. The molecule has 0 bridgehead atoms. The normalized spacial score (nSPS) is 12.6. The summed E-state index contributed by atoms with van der Waals surface area (Å²) < 4.78 is 38.5. The smallest absolute Gasteiger partial charge is 0.0651 e. The highest BCUT2D eigenvalue weighted by Crippen LogP contribution is 2.43. The lowest BCUT2D eigenvalue weighted by atomic mass is 9.92. The van der Waals surface area contributed by atoms with Crippen LogP contribution in [0.3, 0.4) is 0 Å². The van der Waals surface area contributed by atoms with Crippen molar-refractivity contribution < 1.29 is 5.48 Å². The van der Waals surface area contributed by atoms with Gasteiger partial charge >= 0.3 is 0 Å². The van der Waals surface area contributed by atoms with Gasteiger partial charge in [0.05, 0.1) is 5.48 Å². The lowest BCUT2D eigenvalue weighted by Crippen LogP contribution is -2.10. The number of fused-ring (bicyclic) bond motifs is 12. The van der Waals surface area contributed by atoms with Crippen LogP contribution in [0.15, 0.2) is 249 Å². The van der Waals surface area contributed by atoms with Crippen molar-refractivity contribution >= 4 is 92.5 Å². The summed E-state index contributed by atoms with van der Waals surface area (Å²) in [5.74, 6) is 0. The van der Waals surface area contributed by atoms with E-state index in [1.165, 1.54) is 43.1 Å². The highest BCUT2D eigenvalue weighted by molar-refractivity contribution is 6.26. The van der Waals surface area contributed by atoms with Crippen molar-refractivity contribution in [3.05, 3.63) is 249 Å². The van der Waals surface area contributed by atoms with Gasteiger partial charge in [0, 0.05) is 17.1 Å². The van der Waals surface area contributed by atoms with Crippen molar-refractivity contribution in [1.82, 2.24) is 0 Å². The molecular formula is C64H41N. The van der Waals surface area contributed by atoms with Crippen molar-refractivity contribution in [2.75, 3.05) is 4.90 Å². The second kappa shape index (κ2) is 15.1. The van der Waals surface area contributed by atoms with Crippen LogP contribution in [0.25, 0.3) is 109 Å². The fraction of sp³-hybridized carbons (Fsp3) is 0. The summed E-state index contributed by atoms with van der Waals surface area (Å²) in [6.07, 6.45) is 0. The van der Waals surface area contributed by atoms with E-state index in [0.29, 0.717) is 11.1 Å². The Morgan fingerprint density at radius 3 is 1.17 bits per heavy atom. The third-order valence-corrected chi connectivity index (χ3v) is 13.3. The first-order valence-electron chi connectivity index (χ1n) is 24.2. The number of hydrogen-bond acceptors (Lipinski definition) is 1. The third kappa shape index (κ3) is 6.16. The molecule has 13 aromatic rings. The van der Waals surface area contributed by atoms with Gasteiger partial charge in [0.1, 0.15) is 0 Å². The lowest BCUT2D eigenvalue weighted by Gasteiger charge is -2.27. The Hall–Kier alpha value is -8.52. The molecule has 0 aliphatic heterocycles. The minimum absolute atomic E-state index is 0.0174. The van der Waals surface area contributed by atoms with Crippen molar-refractivity contribution in [3.8, 4) is 33.4 Å². The number of nitrogens with zero attached hydrogens (tertiary/aromatic N) is 1. The molecule has 0 atom stereocenters. The van der Waals surface area contributed by atoms with Gasteiger partial charge in [-0.25, -0.2) is 0 Å². The van der Waals surface area contributed by atoms with Gasteiger partial charge in [-0.15, -0.1) is 0 Å². The van der Waals surface area contributed by atoms with E-state index in [1.54, 1.807) is 0 Å². The molecule has 0 saturated heterocycles. The summed E-state index contributed by atoms with van der Waals surface area (Å²) in [6, 6.07) is 77.6. The molecule has 0 saturated carbocycles. The summed E-state index contributed by atoms with van der Waals surface area (Å²) >= 11 is 0. The topological polar surface area (TPSA) is 3.24 Å². The van der Waals surface area contributed by atoms with E-state index in [2.05, 4.69) is 158 Å². The number of rotatable bonds is 6. The molecule has 65 heavy (non-hydrogen) atoms. The Morgan fingerprint density at radius 1 is 0.262 bits per heavy atom. The van der Waals surface area contributed by atoms with E-state index in [0.717, 1.165) is 65.9 Å². The van der Waals surface area contributed by atoms with Crippen LogP contribution in [0, 0.1) is 0 Å². The zero-order chi connectivity index (χ0) is 46.3. The fourth-order valence-corrected chi connectivity index (χ4v) is 10.2. The van der Waals surface area contributed by atoms with Crippen molar-refractivity contribution in [1.29, 1.82) is 0 Å². The maximum atomic E-state index is 10.1. The molecule has 0 aliphatic rings. The molecule has 1 heteroatoms. The predicted molar refractivity (Wildman–Crippen MR) is 280 cm³/mol. The van der Waals surface area contributed by atoms with Gasteiger partial charge < -0.3 is 4.90 Å². The number of anilines is 3. The predicted octanol–water partition coefficient (Wildman–Crippen LogP) is 18.2. The van der Waals surface area contributed by atoms with Crippen molar-refractivity contribution in [3.63, 3.8) is 0 Å². The molecule has 0 amide bonds. The highest BCUT2D eigenvalue weighted by atomic mass is 15.1. The van der Waals surface area contributed by atoms with Gasteiger partial charge in [-0.3, -0.25) is 0 Å². The Morgan fingerprint density at radius 2 is 0.646 bits per heavy atom. The standard InChI is InChI=1S/C64H41N/c1-3-18-51-46(14-1)40-62(58-25-10-5-20-53(51)58)43-30-35-49(36-31-43)65(50-17-13-16-45(38-50)63-41-47-15-2-4-19-52(47)54-21-6-11-26-59(54)63)48-33-28-42(29-34-48)44-32-37-61-57-24-8-7-22-55(57)56-23-9-12-27-60(56)64(61)39-44/h1-41H/i13D,16D,17D,38D. The Bertz CT molecular complexity index is 4200. The molecule has 1 nitrogen and oxygen atoms in total. The van der Waals surface area contributed by atoms with Gasteiger partial charge in [-0.2, -0.15) is 0 Å². The molecular weight excluding hydrogens is 783 g/mol. The highest BCUT2D eigenvalue weighted by Gasteiger charge is 2.17. The van der Waals surface area contributed by atoms with Crippen LogP contribution in [0.1, 0.15) is 5.48 Å². The minimum Gasteiger partial charge on any atom is -0.310 e. The zero-order valence-corrected chi connectivity index (χ0v) is 35.3. The van der Waals surface area contributed by atoms with Crippen LogP contribution in [0.4, 0.5) is 17.1 Å². The molecule has 0 unspecified atom stereocenters. The second-order valence-electron chi connectivity index (χ2n) is 16.9. The Labute approximate surface area is 383 Å². The quantitative estimate of drug-likeness (QED) is 0.151. The summed E-state index contributed by atoms with van der Waals surface area (Å²) in [5.41, 5.74) is 6.97. The van der Waals surface area contributed by atoms with Crippen LogP contribution < -0.4 is 4.90 Å². The monoisotopic (exact) mass is 827 g/mol. The van der Waals surface area contributed by atoms with Gasteiger partial charge in [0.2, 0.25) is 0 Å². The molecule has 0 N–H and O–H groups in total. The van der Waals surface area contributed by atoms with E-state index in [1.807, 2.05) is 71.6 Å². The van der Waals surface area contributed by atoms with E-state index in [9.17, 15) is 5.48 Å². The zero-order valence-electron chi connectivity index (χ0n) is 39.3. The third-order valence-electron chi connectivity index (χ3n) is 13.3. The number of benzene rings is 13. The van der Waals surface area contributed by atoms with Crippen LogP contribution in [-0.4, -0.2) is 0 Å². The molecule has 0 fully saturated rings. The van der Waals surface area contributed by atoms with Gasteiger partial charge in [-0.1, -0.05) is 194 Å². The Balaban J connectivity index is 1.00. The van der Waals surface area contributed by atoms with Gasteiger partial charge in [0.25, 0.3) is 0 Å². The molecule has 0 aromatic heterocycles. The van der Waals surface area contributed by atoms with E-state index < -0.39 is 0 Å². The average Bonchev–Trinajstić information content (AvgIpc) is 3.41. The molecule has 302 valence electrons. The van der Waals surface area contributed by atoms with Crippen molar-refractivity contribution in [2.45, 2.75) is 0 Å². The summed E-state index contributed by atoms with van der Waals surface area (Å²) in [4.78, 5) is 1.93. The first kappa shape index (κ1) is 33.1. The van der Waals surface area contributed by atoms with Gasteiger partial charge in [0.15, 0.2) is 0 Å². The first-order valence-corrected chi connectivity index (χ1v) is 22.2. The molecule has 13 aromatic carbocycles. The summed E-state index contributed by atoms with van der Waals surface area (Å²) in [7, 11) is 0. The van der Waals surface area contributed by atoms with Crippen molar-refractivity contribution in [2.24, 2.45) is 0 Å². The Kier molecular flexibility index (Phi) is 7.68. The molecule has 13 rings (SSSR count). The van der Waals surface area contributed by atoms with Crippen LogP contribution in [0.2, 0.25) is 0 Å². The first-order chi connectivity index (χ1) is 33.9. The number of hydrogen-bond donors (Lipinski definition) is 0. The minimum atomic E-state index is -0.231. The fourth-order valence-electron chi connectivity index (χ4n) is 10.2. The van der Waals surface area contributed by atoms with E-state index >= 15 is 0 Å². The SMILES string of the molecule is [2H]c1c([2H])c(-c2cc3ccccc3c3ccccc23)c([2H])c(N(c2ccc(-c3ccc4c5ccccc5c5ccccc5c4c3)cc2)c2ccc(-c3cc4ccccc4c4ccccc34)cc2)c1[2H]. The summed E-state index contributed by atoms with van der Waals surface area (Å²) in [5, 5.41) is 16.0. The average molecular weight is 828 g/mol. The van der Waals surface area contributed by atoms with E-state index in [4.69, 9.17) is 0 Å². The maximum absolute atomic E-state index is 10.1. The van der Waals surface area contributed by atoms with Crippen LogP contribution in [-0.2, 0) is 0 Å². The van der Waals surface area contributed by atoms with Gasteiger partial charge in [-0.05, 0) is 163 Å². The largest absolute Gasteiger partial charge is 0.310 e. The summed E-state index contributed by atoms with van der Waals surface area (Å²) in [6.45, 7) is 0. The molecule has 0 radical (unpaired) electrons. The lowest BCUT2D eigenvalue weighted by molar-refractivity contribution is 1.28. The molecule has 0 spiro atoms. The molecule has 0 heterocycles. The van der Waals surface area contributed by atoms with E-state index in [-0.39, 0.29) is 29.9 Å². The second-order valence-corrected chi connectivity index (χ2v) is 16.9.